The summed E-state index contributed by atoms with van der Waals surface area (Å²) >= 11 is 0. The fraction of sp³-hybridized carbons (Fsp3) is 0.500. The number of pyridine rings is 1. The molecule has 162 valence electrons. The molecule has 2 atom stereocenters. The molecule has 1 fully saturated rings. The van der Waals surface area contributed by atoms with Crippen molar-refractivity contribution >= 4 is 6.09 Å². The fourth-order valence-electron chi connectivity index (χ4n) is 3.24. The van der Waals surface area contributed by atoms with Gasteiger partial charge in [-0.1, -0.05) is 25.1 Å². The zero-order valence-corrected chi connectivity index (χ0v) is 18.3. The van der Waals surface area contributed by atoms with Crippen molar-refractivity contribution in [1.82, 2.24) is 9.88 Å². The fourth-order valence-corrected chi connectivity index (χ4v) is 3.24. The third kappa shape index (κ3) is 6.65. The summed E-state index contributed by atoms with van der Waals surface area (Å²) < 4.78 is 17.2. The second kappa shape index (κ2) is 9.83. The van der Waals surface area contributed by atoms with E-state index in [1.54, 1.807) is 11.1 Å². The lowest BCUT2D eigenvalue weighted by atomic mass is 10.0. The molecule has 1 amide bonds. The number of aromatic nitrogens is 1. The predicted molar refractivity (Wildman–Crippen MR) is 116 cm³/mol. The summed E-state index contributed by atoms with van der Waals surface area (Å²) in [6.07, 6.45) is 5.07. The molecule has 2 heterocycles. The van der Waals surface area contributed by atoms with Crippen molar-refractivity contribution in [2.24, 2.45) is 5.92 Å². The van der Waals surface area contributed by atoms with Gasteiger partial charge in [-0.05, 0) is 63.3 Å². The van der Waals surface area contributed by atoms with Gasteiger partial charge in [0.1, 0.15) is 23.7 Å². The van der Waals surface area contributed by atoms with Crippen LogP contribution < -0.4 is 9.47 Å². The van der Waals surface area contributed by atoms with Gasteiger partial charge < -0.3 is 19.1 Å². The van der Waals surface area contributed by atoms with E-state index in [0.717, 1.165) is 29.9 Å². The van der Waals surface area contributed by atoms with Gasteiger partial charge in [0.2, 0.25) is 0 Å². The van der Waals surface area contributed by atoms with Crippen LogP contribution >= 0.6 is 0 Å². The number of carbonyl (C=O) groups excluding carboxylic acids is 1. The number of benzene rings is 1. The van der Waals surface area contributed by atoms with E-state index in [1.807, 2.05) is 63.4 Å². The van der Waals surface area contributed by atoms with Gasteiger partial charge in [-0.2, -0.15) is 0 Å². The second-order valence-corrected chi connectivity index (χ2v) is 8.89. The highest BCUT2D eigenvalue weighted by atomic mass is 16.6. The van der Waals surface area contributed by atoms with Crippen LogP contribution in [0.15, 0.2) is 48.8 Å². The van der Waals surface area contributed by atoms with E-state index in [4.69, 9.17) is 14.2 Å². The molecule has 1 aliphatic rings. The van der Waals surface area contributed by atoms with Gasteiger partial charge in [0.05, 0.1) is 18.8 Å². The average molecular weight is 413 g/mol. The van der Waals surface area contributed by atoms with E-state index < -0.39 is 5.60 Å². The lowest BCUT2D eigenvalue weighted by Gasteiger charge is -2.40. The van der Waals surface area contributed by atoms with Crippen LogP contribution in [0.2, 0.25) is 0 Å². The van der Waals surface area contributed by atoms with Gasteiger partial charge in [0.25, 0.3) is 0 Å². The minimum absolute atomic E-state index is 0.0432. The Hall–Kier alpha value is -2.76. The normalized spacial score (nSPS) is 17.1. The first-order valence-electron chi connectivity index (χ1n) is 10.5. The van der Waals surface area contributed by atoms with E-state index in [9.17, 15) is 4.79 Å². The van der Waals surface area contributed by atoms with Crippen LogP contribution in [0.25, 0.3) is 0 Å². The summed E-state index contributed by atoms with van der Waals surface area (Å²) in [6.45, 7) is 9.57. The van der Waals surface area contributed by atoms with E-state index in [-0.39, 0.29) is 12.1 Å². The van der Waals surface area contributed by atoms with Crippen LogP contribution in [0.4, 0.5) is 4.79 Å². The molecule has 0 bridgehead atoms. The van der Waals surface area contributed by atoms with E-state index in [2.05, 4.69) is 11.9 Å². The van der Waals surface area contributed by atoms with Crippen molar-refractivity contribution < 1.29 is 19.0 Å². The maximum Gasteiger partial charge on any atom is 0.410 e. The van der Waals surface area contributed by atoms with Crippen LogP contribution in [0.1, 0.15) is 39.7 Å². The lowest BCUT2D eigenvalue weighted by Crippen LogP contribution is -2.55. The van der Waals surface area contributed by atoms with Crippen LogP contribution in [0.3, 0.4) is 0 Å². The topological polar surface area (TPSA) is 60.9 Å². The number of likely N-dealkylation sites (tertiary alicyclic amines) is 1. The molecule has 0 unspecified atom stereocenters. The number of para-hydroxylation sites is 1. The van der Waals surface area contributed by atoms with Crippen molar-refractivity contribution in [2.45, 2.75) is 52.2 Å². The standard InChI is InChI=1S/C24H32N2O4/c1-18(16-28-21-8-6-5-7-9-21)12-19-13-22(15-25-14-19)29-17-20-10-11-26(20)23(27)30-24(2,3)4/h5-9,13-15,18,20H,10-12,16-17H2,1-4H3/t18-,20-/m0/s1. The Morgan fingerprint density at radius 2 is 1.93 bits per heavy atom. The van der Waals surface area contributed by atoms with E-state index in [1.165, 1.54) is 0 Å². The number of carbonyl (C=O) groups is 1. The molecule has 0 saturated carbocycles. The average Bonchev–Trinajstić information content (AvgIpc) is 2.65. The quantitative estimate of drug-likeness (QED) is 0.627. The van der Waals surface area contributed by atoms with E-state index in [0.29, 0.717) is 25.7 Å². The Balaban J connectivity index is 1.45. The monoisotopic (exact) mass is 412 g/mol. The van der Waals surface area contributed by atoms with E-state index >= 15 is 0 Å². The molecular weight excluding hydrogens is 380 g/mol. The lowest BCUT2D eigenvalue weighted by molar-refractivity contribution is -0.0141. The molecule has 6 heteroatoms. The molecular formula is C24H32N2O4. The number of rotatable bonds is 8. The van der Waals surface area contributed by atoms with Gasteiger partial charge in [-0.25, -0.2) is 4.79 Å². The summed E-state index contributed by atoms with van der Waals surface area (Å²) in [4.78, 5) is 18.3. The molecule has 0 aliphatic carbocycles. The van der Waals surface area contributed by atoms with Gasteiger partial charge in [0, 0.05) is 12.7 Å². The molecule has 1 aromatic carbocycles. The van der Waals surface area contributed by atoms with Crippen LogP contribution in [-0.2, 0) is 11.2 Å². The van der Waals surface area contributed by atoms with Crippen LogP contribution in [-0.4, -0.2) is 47.4 Å². The first kappa shape index (κ1) is 21.9. The second-order valence-electron chi connectivity index (χ2n) is 8.89. The summed E-state index contributed by atoms with van der Waals surface area (Å²) in [6, 6.07) is 11.9. The maximum absolute atomic E-state index is 12.2. The summed E-state index contributed by atoms with van der Waals surface area (Å²) in [5.74, 6) is 1.95. The van der Waals surface area contributed by atoms with Crippen molar-refractivity contribution in [3.05, 3.63) is 54.4 Å². The first-order valence-corrected chi connectivity index (χ1v) is 10.5. The third-order valence-corrected chi connectivity index (χ3v) is 4.85. The molecule has 30 heavy (non-hydrogen) atoms. The Labute approximate surface area is 179 Å². The van der Waals surface area contributed by atoms with Crippen LogP contribution in [0, 0.1) is 5.92 Å². The molecule has 1 aromatic heterocycles. The largest absolute Gasteiger partial charge is 0.493 e. The highest BCUT2D eigenvalue weighted by Gasteiger charge is 2.35. The Kier molecular flexibility index (Phi) is 7.19. The molecule has 6 nitrogen and oxygen atoms in total. The molecule has 1 aliphatic heterocycles. The molecule has 2 aromatic rings. The number of hydrogen-bond acceptors (Lipinski definition) is 5. The molecule has 0 radical (unpaired) electrons. The first-order chi connectivity index (χ1) is 14.3. The summed E-state index contributed by atoms with van der Waals surface area (Å²) in [7, 11) is 0. The van der Waals surface area contributed by atoms with Crippen LogP contribution in [0.5, 0.6) is 11.5 Å². The number of amides is 1. The highest BCUT2D eigenvalue weighted by Crippen LogP contribution is 2.23. The zero-order chi connectivity index (χ0) is 21.6. The zero-order valence-electron chi connectivity index (χ0n) is 18.3. The van der Waals surface area contributed by atoms with Gasteiger partial charge >= 0.3 is 6.09 Å². The number of hydrogen-bond donors (Lipinski definition) is 0. The Morgan fingerprint density at radius 3 is 2.60 bits per heavy atom. The molecule has 0 spiro atoms. The minimum atomic E-state index is -0.489. The third-order valence-electron chi connectivity index (χ3n) is 4.85. The van der Waals surface area contributed by atoms with Crippen molar-refractivity contribution in [2.75, 3.05) is 19.8 Å². The Bertz CT molecular complexity index is 819. The van der Waals surface area contributed by atoms with Crippen molar-refractivity contribution in [3.63, 3.8) is 0 Å². The predicted octanol–water partition coefficient (Wildman–Crippen LogP) is 4.73. The summed E-state index contributed by atoms with van der Waals surface area (Å²) in [5, 5.41) is 0. The SMILES string of the molecule is C[C@H](COc1ccccc1)Cc1cncc(OC[C@@H]2CCN2C(=O)OC(C)(C)C)c1. The minimum Gasteiger partial charge on any atom is -0.493 e. The number of nitrogens with zero attached hydrogens (tertiary/aromatic N) is 2. The van der Waals surface area contributed by atoms with Crippen molar-refractivity contribution in [1.29, 1.82) is 0 Å². The van der Waals surface area contributed by atoms with Gasteiger partial charge in [0.15, 0.2) is 0 Å². The maximum atomic E-state index is 12.2. The number of ether oxygens (including phenoxy) is 3. The Morgan fingerprint density at radius 1 is 1.17 bits per heavy atom. The molecule has 1 saturated heterocycles. The highest BCUT2D eigenvalue weighted by molar-refractivity contribution is 5.69. The summed E-state index contributed by atoms with van der Waals surface area (Å²) in [5.41, 5.74) is 0.617. The molecule has 0 N–H and O–H groups in total. The van der Waals surface area contributed by atoms with Crippen molar-refractivity contribution in [3.8, 4) is 11.5 Å². The van der Waals surface area contributed by atoms with Gasteiger partial charge in [-0.3, -0.25) is 4.98 Å². The van der Waals surface area contributed by atoms with Gasteiger partial charge in [-0.15, -0.1) is 0 Å². The smallest absolute Gasteiger partial charge is 0.410 e. The molecule has 3 rings (SSSR count).